The first kappa shape index (κ1) is 20.1. The Morgan fingerprint density at radius 2 is 2.04 bits per heavy atom. The Kier molecular flexibility index (Phi) is 6.39. The second-order valence-electron chi connectivity index (χ2n) is 7.30. The van der Waals surface area contributed by atoms with Gasteiger partial charge < -0.3 is 10.0 Å². The van der Waals surface area contributed by atoms with Gasteiger partial charge in [0, 0.05) is 18.5 Å². The van der Waals surface area contributed by atoms with Gasteiger partial charge in [-0.2, -0.15) is 0 Å². The molecule has 1 aromatic heterocycles. The number of likely N-dealkylation sites (N-methyl/N-ethyl adjacent to an activating group) is 1. The Morgan fingerprint density at radius 1 is 1.39 bits per heavy atom. The Hall–Kier alpha value is -0.940. The van der Waals surface area contributed by atoms with Crippen molar-refractivity contribution < 1.29 is 9.90 Å². The molecule has 1 heterocycles. The van der Waals surface area contributed by atoms with Crippen LogP contribution in [0.15, 0.2) is 40.8 Å². The van der Waals surface area contributed by atoms with Crippen LogP contribution in [0.2, 0.25) is 0 Å². The molecule has 128 valence electrons. The molecular weight excluding hydrogens is 330 g/mol. The van der Waals surface area contributed by atoms with Gasteiger partial charge in [0.2, 0.25) is 5.78 Å². The fourth-order valence-electron chi connectivity index (χ4n) is 2.64. The van der Waals surface area contributed by atoms with Gasteiger partial charge in [-0.15, -0.1) is 23.7 Å². The molecule has 1 aliphatic carbocycles. The van der Waals surface area contributed by atoms with E-state index in [9.17, 15) is 9.90 Å². The van der Waals surface area contributed by atoms with Crippen LogP contribution in [0.4, 0.5) is 0 Å². The molecule has 0 fully saturated rings. The van der Waals surface area contributed by atoms with E-state index in [1.165, 1.54) is 11.3 Å². The number of allylic oxidation sites excluding steroid dienone is 2. The van der Waals surface area contributed by atoms with Gasteiger partial charge in [-0.25, -0.2) is 0 Å². The monoisotopic (exact) mass is 355 g/mol. The predicted molar refractivity (Wildman–Crippen MR) is 99.6 cm³/mol. The number of carbonyl (C=O) groups is 1. The van der Waals surface area contributed by atoms with Crippen LogP contribution < -0.4 is 0 Å². The number of hydrogen-bond acceptors (Lipinski definition) is 4. The number of carbonyl (C=O) groups excluding carboxylic acids is 1. The minimum absolute atomic E-state index is 0. The highest BCUT2D eigenvalue weighted by Crippen LogP contribution is 2.41. The first-order valence-electron chi connectivity index (χ1n) is 7.50. The maximum Gasteiger partial charge on any atom is 0.202 e. The molecule has 0 spiro atoms. The molecule has 1 aromatic rings. The second-order valence-corrected chi connectivity index (χ2v) is 8.25. The smallest absolute Gasteiger partial charge is 0.202 e. The average Bonchev–Trinajstić information content (AvgIpc) is 2.88. The van der Waals surface area contributed by atoms with Gasteiger partial charge in [-0.1, -0.05) is 38.5 Å². The third-order valence-electron chi connectivity index (χ3n) is 4.08. The molecule has 5 heteroatoms. The van der Waals surface area contributed by atoms with Crippen LogP contribution in [0.3, 0.4) is 0 Å². The van der Waals surface area contributed by atoms with Gasteiger partial charge >= 0.3 is 0 Å². The van der Waals surface area contributed by atoms with Gasteiger partial charge in [-0.3, -0.25) is 4.79 Å². The van der Waals surface area contributed by atoms with E-state index in [1.807, 2.05) is 58.5 Å². The number of nitrogens with zero attached hydrogens (tertiary/aromatic N) is 1. The molecule has 0 radical (unpaired) electrons. The molecule has 0 amide bonds. The summed E-state index contributed by atoms with van der Waals surface area (Å²) in [5.41, 5.74) is 0.350. The summed E-state index contributed by atoms with van der Waals surface area (Å²) in [6.45, 7) is 6.77. The minimum atomic E-state index is -1.00. The molecule has 1 aliphatic rings. The average molecular weight is 356 g/mol. The first-order valence-corrected chi connectivity index (χ1v) is 8.38. The third-order valence-corrected chi connectivity index (χ3v) is 4.94. The zero-order valence-electron chi connectivity index (χ0n) is 14.4. The van der Waals surface area contributed by atoms with E-state index in [0.29, 0.717) is 16.9 Å². The Labute approximate surface area is 149 Å². The topological polar surface area (TPSA) is 40.5 Å². The van der Waals surface area contributed by atoms with Crippen molar-refractivity contribution in [2.45, 2.75) is 32.8 Å². The van der Waals surface area contributed by atoms with Gasteiger partial charge in [0.1, 0.15) is 0 Å². The highest BCUT2D eigenvalue weighted by atomic mass is 35.5. The normalized spacial score (nSPS) is 21.5. The highest BCUT2D eigenvalue weighted by molar-refractivity contribution is 7.12. The summed E-state index contributed by atoms with van der Waals surface area (Å²) in [7, 11) is 3.99. The number of aliphatic hydroxyl groups is 1. The van der Waals surface area contributed by atoms with E-state index in [2.05, 4.69) is 4.90 Å². The Bertz CT molecular complexity index is 611. The van der Waals surface area contributed by atoms with E-state index < -0.39 is 5.60 Å². The van der Waals surface area contributed by atoms with Crippen molar-refractivity contribution in [1.82, 2.24) is 4.90 Å². The number of halogens is 1. The molecule has 1 atom stereocenters. The van der Waals surface area contributed by atoms with Crippen LogP contribution >= 0.6 is 23.7 Å². The van der Waals surface area contributed by atoms with E-state index in [-0.39, 0.29) is 23.6 Å². The first-order chi connectivity index (χ1) is 10.1. The molecule has 23 heavy (non-hydrogen) atoms. The van der Waals surface area contributed by atoms with Crippen LogP contribution in [-0.2, 0) is 0 Å². The standard InChI is InChI=1S/C18H25NO2S.ClH/c1-17(2,3)18(21)10-13(12-19(4)5)9-14(11-18)16(20)15-7-6-8-22-15;/h6-9,11,21H,10,12H2,1-5H3;1H. The van der Waals surface area contributed by atoms with Crippen molar-refractivity contribution in [3.05, 3.63) is 45.7 Å². The molecular formula is C18H26ClNO2S. The Morgan fingerprint density at radius 3 is 2.52 bits per heavy atom. The summed E-state index contributed by atoms with van der Waals surface area (Å²) < 4.78 is 0. The van der Waals surface area contributed by atoms with Crippen LogP contribution in [-0.4, -0.2) is 42.0 Å². The number of rotatable bonds is 4. The largest absolute Gasteiger partial charge is 0.385 e. The molecule has 0 bridgehead atoms. The summed E-state index contributed by atoms with van der Waals surface area (Å²) in [4.78, 5) is 15.5. The number of thiophene rings is 1. The fraction of sp³-hybridized carbons (Fsp3) is 0.500. The SMILES string of the molecule is CN(C)CC1=CC(C(=O)c2cccs2)=CC(O)(C(C)(C)C)C1.Cl. The van der Waals surface area contributed by atoms with Crippen molar-refractivity contribution in [3.8, 4) is 0 Å². The lowest BCUT2D eigenvalue weighted by atomic mass is 9.69. The van der Waals surface area contributed by atoms with Crippen molar-refractivity contribution in [1.29, 1.82) is 0 Å². The number of ketones is 1. The molecule has 0 aromatic carbocycles. The van der Waals surface area contributed by atoms with Crippen LogP contribution in [0.25, 0.3) is 0 Å². The number of hydrogen-bond donors (Lipinski definition) is 1. The minimum Gasteiger partial charge on any atom is -0.385 e. The lowest BCUT2D eigenvalue weighted by Crippen LogP contribution is -2.44. The summed E-state index contributed by atoms with van der Waals surface area (Å²) >= 11 is 1.44. The summed E-state index contributed by atoms with van der Waals surface area (Å²) in [5, 5.41) is 13.0. The molecule has 2 rings (SSSR count). The van der Waals surface area contributed by atoms with Crippen LogP contribution in [0.5, 0.6) is 0 Å². The van der Waals surface area contributed by atoms with E-state index in [4.69, 9.17) is 0 Å². The van der Waals surface area contributed by atoms with Crippen molar-refractivity contribution in [3.63, 3.8) is 0 Å². The molecule has 3 nitrogen and oxygen atoms in total. The maximum atomic E-state index is 12.7. The van der Waals surface area contributed by atoms with E-state index in [1.54, 1.807) is 6.08 Å². The van der Waals surface area contributed by atoms with E-state index in [0.717, 1.165) is 12.1 Å². The zero-order valence-corrected chi connectivity index (χ0v) is 16.1. The zero-order chi connectivity index (χ0) is 16.5. The highest BCUT2D eigenvalue weighted by Gasteiger charge is 2.41. The second kappa shape index (κ2) is 7.31. The number of Topliss-reactive ketones (excluding diaryl/α,β-unsaturated/α-hetero) is 1. The molecule has 0 saturated heterocycles. The van der Waals surface area contributed by atoms with Gasteiger partial charge in [0.15, 0.2) is 0 Å². The lowest BCUT2D eigenvalue weighted by molar-refractivity contribution is -0.0158. The van der Waals surface area contributed by atoms with Gasteiger partial charge in [0.05, 0.1) is 10.5 Å². The third kappa shape index (κ3) is 4.54. The summed E-state index contributed by atoms with van der Waals surface area (Å²) in [6, 6.07) is 3.71. The quantitative estimate of drug-likeness (QED) is 0.831. The maximum absolute atomic E-state index is 12.7. The van der Waals surface area contributed by atoms with Crippen LogP contribution in [0, 0.1) is 5.41 Å². The summed E-state index contributed by atoms with van der Waals surface area (Å²) in [6.07, 6.45) is 4.27. The lowest BCUT2D eigenvalue weighted by Gasteiger charge is -2.41. The fourth-order valence-corrected chi connectivity index (χ4v) is 3.32. The van der Waals surface area contributed by atoms with Gasteiger partial charge in [-0.05, 0) is 37.0 Å². The van der Waals surface area contributed by atoms with Crippen molar-refractivity contribution >= 4 is 29.5 Å². The van der Waals surface area contributed by atoms with Crippen molar-refractivity contribution in [2.24, 2.45) is 5.41 Å². The van der Waals surface area contributed by atoms with Crippen LogP contribution in [0.1, 0.15) is 36.9 Å². The van der Waals surface area contributed by atoms with Gasteiger partial charge in [0.25, 0.3) is 0 Å². The molecule has 0 saturated carbocycles. The van der Waals surface area contributed by atoms with E-state index >= 15 is 0 Å². The molecule has 1 unspecified atom stereocenters. The summed E-state index contributed by atoms with van der Waals surface area (Å²) in [5.74, 6) is -0.00590. The molecule has 1 N–H and O–H groups in total. The predicted octanol–water partition coefficient (Wildman–Crippen LogP) is 3.95. The van der Waals surface area contributed by atoms with Crippen molar-refractivity contribution in [2.75, 3.05) is 20.6 Å². The Balaban J connectivity index is 0.00000264. The molecule has 0 aliphatic heterocycles.